The van der Waals surface area contributed by atoms with Crippen LogP contribution in [0.3, 0.4) is 0 Å². The van der Waals surface area contributed by atoms with Crippen LogP contribution in [0.15, 0.2) is 78.6 Å². The highest BCUT2D eigenvalue weighted by molar-refractivity contribution is 6.14. The maximum Gasteiger partial charge on any atom is 0.231 e. The van der Waals surface area contributed by atoms with Crippen molar-refractivity contribution in [1.29, 1.82) is 0 Å². The predicted octanol–water partition coefficient (Wildman–Crippen LogP) is 5.28. The summed E-state index contributed by atoms with van der Waals surface area (Å²) in [6.45, 7) is 3.02. The first-order valence-electron chi connectivity index (χ1n) is 9.21. The van der Waals surface area contributed by atoms with Gasteiger partial charge < -0.3 is 14.2 Å². The number of hydrogen-bond acceptors (Lipinski definition) is 4. The zero-order chi connectivity index (χ0) is 19.3. The Hall–Kier alpha value is -3.53. The fourth-order valence-electron chi connectivity index (χ4n) is 2.98. The highest BCUT2D eigenvalue weighted by Gasteiger charge is 2.27. The van der Waals surface area contributed by atoms with E-state index in [0.717, 1.165) is 16.9 Å². The second-order valence-corrected chi connectivity index (χ2v) is 6.37. The number of ether oxygens (including phenoxy) is 3. The minimum Gasteiger partial charge on any atom is -0.494 e. The van der Waals surface area contributed by atoms with Crippen LogP contribution in [0.5, 0.6) is 17.2 Å². The molecule has 4 heteroatoms. The summed E-state index contributed by atoms with van der Waals surface area (Å²) in [5, 5.41) is 0. The fraction of sp³-hybridized carbons (Fsp3) is 0.125. The van der Waals surface area contributed by atoms with Gasteiger partial charge >= 0.3 is 0 Å². The Morgan fingerprint density at radius 1 is 0.893 bits per heavy atom. The molecule has 0 fully saturated rings. The standard InChI is InChI=1S/C24H20O4/c1-2-26-19-10-8-17(9-11-19)14-23-24(25)21-13-12-20(15-22(21)28-23)27-16-18-6-4-3-5-7-18/h3-15H,2,16H2,1H3. The van der Waals surface area contributed by atoms with Crippen molar-refractivity contribution in [3.05, 3.63) is 95.2 Å². The first kappa shape index (κ1) is 17.9. The van der Waals surface area contributed by atoms with Gasteiger partial charge in [0.1, 0.15) is 23.9 Å². The van der Waals surface area contributed by atoms with E-state index in [0.29, 0.717) is 36.0 Å². The van der Waals surface area contributed by atoms with Crippen LogP contribution in [-0.2, 0) is 6.61 Å². The molecule has 0 aliphatic carbocycles. The van der Waals surface area contributed by atoms with E-state index in [-0.39, 0.29) is 5.78 Å². The molecule has 3 aromatic rings. The minimum absolute atomic E-state index is 0.126. The van der Waals surface area contributed by atoms with Gasteiger partial charge in [-0.3, -0.25) is 4.79 Å². The van der Waals surface area contributed by atoms with E-state index in [1.54, 1.807) is 24.3 Å². The third-order valence-corrected chi connectivity index (χ3v) is 4.38. The Balaban J connectivity index is 1.48. The quantitative estimate of drug-likeness (QED) is 0.552. The molecule has 0 amide bonds. The Kier molecular flexibility index (Phi) is 5.11. The molecule has 0 N–H and O–H groups in total. The molecule has 0 saturated heterocycles. The number of rotatable bonds is 6. The minimum atomic E-state index is -0.126. The van der Waals surface area contributed by atoms with Gasteiger partial charge in [0, 0.05) is 6.07 Å². The molecule has 0 atom stereocenters. The third kappa shape index (κ3) is 3.91. The summed E-state index contributed by atoms with van der Waals surface area (Å²) >= 11 is 0. The molecule has 1 aliphatic rings. The van der Waals surface area contributed by atoms with Gasteiger partial charge in [-0.2, -0.15) is 0 Å². The lowest BCUT2D eigenvalue weighted by Crippen LogP contribution is -1.98. The van der Waals surface area contributed by atoms with Crippen molar-refractivity contribution in [3.63, 3.8) is 0 Å². The van der Waals surface area contributed by atoms with Crippen LogP contribution in [0.4, 0.5) is 0 Å². The number of carbonyl (C=O) groups excluding carboxylic acids is 1. The second-order valence-electron chi connectivity index (χ2n) is 6.37. The monoisotopic (exact) mass is 372 g/mol. The number of hydrogen-bond donors (Lipinski definition) is 0. The van der Waals surface area contributed by atoms with Crippen molar-refractivity contribution in [1.82, 2.24) is 0 Å². The smallest absolute Gasteiger partial charge is 0.231 e. The van der Waals surface area contributed by atoms with Crippen LogP contribution in [0.1, 0.15) is 28.4 Å². The van der Waals surface area contributed by atoms with Gasteiger partial charge in [-0.1, -0.05) is 42.5 Å². The summed E-state index contributed by atoms with van der Waals surface area (Å²) in [5.41, 5.74) is 2.50. The van der Waals surface area contributed by atoms with Gasteiger partial charge in [0.15, 0.2) is 5.76 Å². The molecule has 140 valence electrons. The number of benzene rings is 3. The Morgan fingerprint density at radius 3 is 2.39 bits per heavy atom. The van der Waals surface area contributed by atoms with Gasteiger partial charge in [0.25, 0.3) is 0 Å². The van der Waals surface area contributed by atoms with Gasteiger partial charge in [0.05, 0.1) is 12.2 Å². The van der Waals surface area contributed by atoms with E-state index in [9.17, 15) is 4.79 Å². The normalized spacial score (nSPS) is 13.9. The van der Waals surface area contributed by atoms with E-state index in [2.05, 4.69) is 0 Å². The molecular formula is C24H20O4. The van der Waals surface area contributed by atoms with E-state index >= 15 is 0 Å². The summed E-state index contributed by atoms with van der Waals surface area (Å²) in [6.07, 6.45) is 1.74. The first-order valence-corrected chi connectivity index (χ1v) is 9.21. The van der Waals surface area contributed by atoms with Gasteiger partial charge in [-0.15, -0.1) is 0 Å². The molecule has 0 bridgehead atoms. The molecule has 1 aliphatic heterocycles. The Morgan fingerprint density at radius 2 is 1.64 bits per heavy atom. The molecule has 0 spiro atoms. The van der Waals surface area contributed by atoms with Crippen LogP contribution in [0, 0.1) is 0 Å². The van der Waals surface area contributed by atoms with Crippen LogP contribution in [-0.4, -0.2) is 12.4 Å². The zero-order valence-corrected chi connectivity index (χ0v) is 15.6. The van der Waals surface area contributed by atoms with E-state index in [1.807, 2.05) is 61.5 Å². The molecule has 0 unspecified atom stereocenters. The lowest BCUT2D eigenvalue weighted by atomic mass is 10.1. The van der Waals surface area contributed by atoms with Crippen LogP contribution < -0.4 is 14.2 Å². The number of allylic oxidation sites excluding steroid dienone is 1. The maximum atomic E-state index is 12.6. The summed E-state index contributed by atoms with van der Waals surface area (Å²) in [6, 6.07) is 22.8. The van der Waals surface area contributed by atoms with Crippen molar-refractivity contribution < 1.29 is 19.0 Å². The van der Waals surface area contributed by atoms with Crippen LogP contribution in [0.2, 0.25) is 0 Å². The van der Waals surface area contributed by atoms with Crippen molar-refractivity contribution >= 4 is 11.9 Å². The van der Waals surface area contributed by atoms with Crippen molar-refractivity contribution in [2.45, 2.75) is 13.5 Å². The van der Waals surface area contributed by atoms with Crippen molar-refractivity contribution in [2.75, 3.05) is 6.61 Å². The van der Waals surface area contributed by atoms with E-state index in [4.69, 9.17) is 14.2 Å². The second kappa shape index (κ2) is 8.01. The third-order valence-electron chi connectivity index (χ3n) is 4.38. The summed E-state index contributed by atoms with van der Waals surface area (Å²) in [4.78, 5) is 12.6. The van der Waals surface area contributed by atoms with Crippen LogP contribution in [0.25, 0.3) is 6.08 Å². The largest absolute Gasteiger partial charge is 0.494 e. The predicted molar refractivity (Wildman–Crippen MR) is 108 cm³/mol. The average molecular weight is 372 g/mol. The summed E-state index contributed by atoms with van der Waals surface area (Å²) in [7, 11) is 0. The van der Waals surface area contributed by atoms with Gasteiger partial charge in [-0.05, 0) is 48.4 Å². The molecule has 0 aromatic heterocycles. The summed E-state index contributed by atoms with van der Waals surface area (Å²) < 4.78 is 17.0. The highest BCUT2D eigenvalue weighted by Crippen LogP contribution is 2.35. The van der Waals surface area contributed by atoms with E-state index < -0.39 is 0 Å². The van der Waals surface area contributed by atoms with Gasteiger partial charge in [0.2, 0.25) is 5.78 Å². The summed E-state index contributed by atoms with van der Waals surface area (Å²) in [5.74, 6) is 2.16. The number of fused-ring (bicyclic) bond motifs is 1. The SMILES string of the molecule is CCOc1ccc(C=C2Oc3cc(OCc4ccccc4)ccc3C2=O)cc1. The number of Topliss-reactive ketones (excluding diaryl/α,β-unsaturated/α-hetero) is 1. The molecule has 3 aromatic carbocycles. The Bertz CT molecular complexity index is 1000. The lowest BCUT2D eigenvalue weighted by Gasteiger charge is -2.07. The Labute approximate surface area is 164 Å². The van der Waals surface area contributed by atoms with Crippen LogP contribution >= 0.6 is 0 Å². The molecule has 4 rings (SSSR count). The molecular weight excluding hydrogens is 352 g/mol. The molecule has 0 saturated carbocycles. The van der Waals surface area contributed by atoms with Crippen molar-refractivity contribution in [3.8, 4) is 17.2 Å². The lowest BCUT2D eigenvalue weighted by molar-refractivity contribution is 0.101. The number of carbonyl (C=O) groups is 1. The molecule has 1 heterocycles. The maximum absolute atomic E-state index is 12.6. The average Bonchev–Trinajstić information content (AvgIpc) is 3.04. The van der Waals surface area contributed by atoms with Gasteiger partial charge in [-0.25, -0.2) is 0 Å². The molecule has 4 nitrogen and oxygen atoms in total. The first-order chi connectivity index (χ1) is 13.7. The topological polar surface area (TPSA) is 44.8 Å². The zero-order valence-electron chi connectivity index (χ0n) is 15.6. The highest BCUT2D eigenvalue weighted by atomic mass is 16.5. The fourth-order valence-corrected chi connectivity index (χ4v) is 2.98. The van der Waals surface area contributed by atoms with Crippen molar-refractivity contribution in [2.24, 2.45) is 0 Å². The molecule has 0 radical (unpaired) electrons. The van der Waals surface area contributed by atoms with E-state index in [1.165, 1.54) is 0 Å². The number of ketones is 1. The molecule has 28 heavy (non-hydrogen) atoms.